The van der Waals surface area contributed by atoms with Crippen LogP contribution in [0.4, 0.5) is 0 Å². The van der Waals surface area contributed by atoms with Crippen molar-refractivity contribution in [3.05, 3.63) is 65.7 Å². The third-order valence-electron chi connectivity index (χ3n) is 3.77. The number of benzene rings is 3. The molecule has 0 atom stereocenters. The second-order valence-corrected chi connectivity index (χ2v) is 4.93. The van der Waals surface area contributed by atoms with Crippen LogP contribution in [0.2, 0.25) is 0 Å². The van der Waals surface area contributed by atoms with Gasteiger partial charge in [-0.1, -0.05) is 48.5 Å². The number of phenolic OH excluding ortho intramolecular Hbond substituents is 1. The van der Waals surface area contributed by atoms with Crippen LogP contribution < -0.4 is 0 Å². The lowest BCUT2D eigenvalue weighted by Gasteiger charge is -2.13. The van der Waals surface area contributed by atoms with Gasteiger partial charge < -0.3 is 5.11 Å². The molecule has 0 heterocycles. The van der Waals surface area contributed by atoms with Gasteiger partial charge in [0.25, 0.3) is 0 Å². The first-order chi connectivity index (χ1) is 9.18. The minimum atomic E-state index is 0.347. The van der Waals surface area contributed by atoms with Gasteiger partial charge in [-0.2, -0.15) is 0 Å². The molecule has 0 aliphatic rings. The van der Waals surface area contributed by atoms with Gasteiger partial charge in [0.1, 0.15) is 5.75 Å². The number of aromatic hydroxyl groups is 1. The molecule has 0 saturated carbocycles. The average Bonchev–Trinajstić information content (AvgIpc) is 2.44. The quantitative estimate of drug-likeness (QED) is 0.654. The molecule has 0 radical (unpaired) electrons. The lowest BCUT2D eigenvalue weighted by atomic mass is 9.92. The molecule has 94 valence electrons. The highest BCUT2D eigenvalue weighted by molar-refractivity contribution is 5.98. The Kier molecular flexibility index (Phi) is 2.75. The number of rotatable bonds is 1. The van der Waals surface area contributed by atoms with E-state index in [0.29, 0.717) is 5.75 Å². The SMILES string of the molecule is Cc1ccc(O)c(-c2cccc3ccccc23)c1C. The predicted octanol–water partition coefficient (Wildman–Crippen LogP) is 4.83. The summed E-state index contributed by atoms with van der Waals surface area (Å²) in [5.41, 5.74) is 4.37. The average molecular weight is 248 g/mol. The first-order valence-electron chi connectivity index (χ1n) is 6.46. The Morgan fingerprint density at radius 2 is 1.53 bits per heavy atom. The van der Waals surface area contributed by atoms with Crippen molar-refractivity contribution in [1.29, 1.82) is 0 Å². The molecule has 3 aromatic rings. The minimum absolute atomic E-state index is 0.347. The molecule has 0 saturated heterocycles. The Morgan fingerprint density at radius 1 is 0.789 bits per heavy atom. The number of phenols is 1. The maximum atomic E-state index is 10.2. The largest absolute Gasteiger partial charge is 0.507 e. The predicted molar refractivity (Wildman–Crippen MR) is 80.5 cm³/mol. The Hall–Kier alpha value is -2.28. The summed E-state index contributed by atoms with van der Waals surface area (Å²) in [6.07, 6.45) is 0. The molecule has 0 aromatic heterocycles. The van der Waals surface area contributed by atoms with Crippen LogP contribution in [0, 0.1) is 13.8 Å². The van der Waals surface area contributed by atoms with E-state index in [1.54, 1.807) is 6.07 Å². The standard InChI is InChI=1S/C18H16O/c1-12-10-11-17(19)18(13(12)2)16-9-5-7-14-6-3-4-8-15(14)16/h3-11,19H,1-2H3. The van der Waals surface area contributed by atoms with Crippen LogP contribution >= 0.6 is 0 Å². The Bertz CT molecular complexity index is 751. The van der Waals surface area contributed by atoms with E-state index in [1.165, 1.54) is 16.3 Å². The summed E-state index contributed by atoms with van der Waals surface area (Å²) in [4.78, 5) is 0. The molecule has 1 nitrogen and oxygen atoms in total. The van der Waals surface area contributed by atoms with E-state index < -0.39 is 0 Å². The lowest BCUT2D eigenvalue weighted by molar-refractivity contribution is 0.477. The molecule has 0 fully saturated rings. The van der Waals surface area contributed by atoms with Crippen LogP contribution in [-0.4, -0.2) is 5.11 Å². The fraction of sp³-hybridized carbons (Fsp3) is 0.111. The van der Waals surface area contributed by atoms with Crippen LogP contribution in [0.5, 0.6) is 5.75 Å². The maximum absolute atomic E-state index is 10.2. The molecular weight excluding hydrogens is 232 g/mol. The molecule has 3 rings (SSSR count). The van der Waals surface area contributed by atoms with Crippen LogP contribution in [0.25, 0.3) is 21.9 Å². The molecule has 0 amide bonds. The molecule has 3 aromatic carbocycles. The summed E-state index contributed by atoms with van der Waals surface area (Å²) in [5.74, 6) is 0.347. The van der Waals surface area contributed by atoms with Crippen molar-refractivity contribution >= 4 is 10.8 Å². The smallest absolute Gasteiger partial charge is 0.123 e. The first kappa shape index (κ1) is 11.8. The molecule has 19 heavy (non-hydrogen) atoms. The fourth-order valence-electron chi connectivity index (χ4n) is 2.58. The van der Waals surface area contributed by atoms with E-state index >= 15 is 0 Å². The van der Waals surface area contributed by atoms with Crippen molar-refractivity contribution in [3.63, 3.8) is 0 Å². The Balaban J connectivity index is 2.40. The van der Waals surface area contributed by atoms with Gasteiger partial charge in [-0.05, 0) is 47.4 Å². The highest BCUT2D eigenvalue weighted by Crippen LogP contribution is 2.37. The van der Waals surface area contributed by atoms with Crippen molar-refractivity contribution in [2.24, 2.45) is 0 Å². The number of aryl methyl sites for hydroxylation is 1. The van der Waals surface area contributed by atoms with Crippen LogP contribution in [0.15, 0.2) is 54.6 Å². The number of hydrogen-bond acceptors (Lipinski definition) is 1. The van der Waals surface area contributed by atoms with Gasteiger partial charge in [0.2, 0.25) is 0 Å². The molecule has 1 N–H and O–H groups in total. The molecule has 0 aliphatic heterocycles. The lowest BCUT2D eigenvalue weighted by Crippen LogP contribution is -1.89. The number of fused-ring (bicyclic) bond motifs is 1. The summed E-state index contributed by atoms with van der Waals surface area (Å²) < 4.78 is 0. The number of hydrogen-bond donors (Lipinski definition) is 1. The van der Waals surface area contributed by atoms with Crippen LogP contribution in [0.3, 0.4) is 0 Å². The van der Waals surface area contributed by atoms with Gasteiger partial charge in [0.15, 0.2) is 0 Å². The monoisotopic (exact) mass is 248 g/mol. The van der Waals surface area contributed by atoms with E-state index in [4.69, 9.17) is 0 Å². The van der Waals surface area contributed by atoms with Crippen molar-refractivity contribution in [2.45, 2.75) is 13.8 Å². The van der Waals surface area contributed by atoms with Crippen molar-refractivity contribution < 1.29 is 5.11 Å². The highest BCUT2D eigenvalue weighted by Gasteiger charge is 2.12. The van der Waals surface area contributed by atoms with Crippen molar-refractivity contribution in [2.75, 3.05) is 0 Å². The van der Waals surface area contributed by atoms with E-state index in [2.05, 4.69) is 38.1 Å². The van der Waals surface area contributed by atoms with Gasteiger partial charge in [-0.25, -0.2) is 0 Å². The van der Waals surface area contributed by atoms with Crippen molar-refractivity contribution in [3.8, 4) is 16.9 Å². The molecule has 0 spiro atoms. The van der Waals surface area contributed by atoms with Gasteiger partial charge in [-0.15, -0.1) is 0 Å². The summed E-state index contributed by atoms with van der Waals surface area (Å²) in [6, 6.07) is 18.2. The molecule has 0 unspecified atom stereocenters. The summed E-state index contributed by atoms with van der Waals surface area (Å²) >= 11 is 0. The highest BCUT2D eigenvalue weighted by atomic mass is 16.3. The van der Waals surface area contributed by atoms with E-state index in [0.717, 1.165) is 16.7 Å². The maximum Gasteiger partial charge on any atom is 0.123 e. The molecular formula is C18H16O. The minimum Gasteiger partial charge on any atom is -0.507 e. The van der Waals surface area contributed by atoms with Gasteiger partial charge in [0.05, 0.1) is 0 Å². The summed E-state index contributed by atoms with van der Waals surface area (Å²) in [6.45, 7) is 4.13. The topological polar surface area (TPSA) is 20.2 Å². The summed E-state index contributed by atoms with van der Waals surface area (Å²) in [7, 11) is 0. The Morgan fingerprint density at radius 3 is 2.37 bits per heavy atom. The third kappa shape index (κ3) is 1.88. The normalized spacial score (nSPS) is 10.8. The zero-order chi connectivity index (χ0) is 13.4. The fourth-order valence-corrected chi connectivity index (χ4v) is 2.58. The molecule has 1 heteroatoms. The molecule has 0 aliphatic carbocycles. The first-order valence-corrected chi connectivity index (χ1v) is 6.46. The Labute approximate surface area is 113 Å². The van der Waals surface area contributed by atoms with Crippen LogP contribution in [-0.2, 0) is 0 Å². The van der Waals surface area contributed by atoms with Gasteiger partial charge in [0, 0.05) is 5.56 Å². The zero-order valence-corrected chi connectivity index (χ0v) is 11.1. The van der Waals surface area contributed by atoms with Crippen LogP contribution in [0.1, 0.15) is 11.1 Å². The molecule has 0 bridgehead atoms. The summed E-state index contributed by atoms with van der Waals surface area (Å²) in [5, 5.41) is 12.6. The van der Waals surface area contributed by atoms with E-state index in [9.17, 15) is 5.11 Å². The van der Waals surface area contributed by atoms with E-state index in [-0.39, 0.29) is 0 Å². The zero-order valence-electron chi connectivity index (χ0n) is 11.1. The van der Waals surface area contributed by atoms with Crippen molar-refractivity contribution in [1.82, 2.24) is 0 Å². The second-order valence-electron chi connectivity index (χ2n) is 4.93. The van der Waals surface area contributed by atoms with Gasteiger partial charge >= 0.3 is 0 Å². The third-order valence-corrected chi connectivity index (χ3v) is 3.77. The van der Waals surface area contributed by atoms with Gasteiger partial charge in [-0.3, -0.25) is 0 Å². The van der Waals surface area contributed by atoms with E-state index in [1.807, 2.05) is 24.3 Å². The second kappa shape index (κ2) is 4.43.